The zero-order valence-corrected chi connectivity index (χ0v) is 18.4. The lowest BCUT2D eigenvalue weighted by atomic mass is 9.78. The third-order valence-corrected chi connectivity index (χ3v) is 6.53. The number of nitrogens with zero attached hydrogens (tertiary/aromatic N) is 1. The van der Waals surface area contributed by atoms with Crippen LogP contribution in [0.3, 0.4) is 0 Å². The van der Waals surface area contributed by atoms with Gasteiger partial charge in [0.2, 0.25) is 0 Å². The Morgan fingerprint density at radius 3 is 1.97 bits per heavy atom. The van der Waals surface area contributed by atoms with Crippen LogP contribution >= 0.6 is 0 Å². The van der Waals surface area contributed by atoms with E-state index < -0.39 is 0 Å². The minimum atomic E-state index is -0.358. The fraction of sp³-hybridized carbons (Fsp3) is 0.222. The Bertz CT molecular complexity index is 1220. The highest BCUT2D eigenvalue weighted by Crippen LogP contribution is 2.37. The third-order valence-electron chi connectivity index (χ3n) is 6.53. The van der Waals surface area contributed by atoms with Crippen LogP contribution in [-0.4, -0.2) is 23.3 Å². The number of rotatable bonds is 3. The van der Waals surface area contributed by atoms with E-state index in [-0.39, 0.29) is 18.3 Å². The summed E-state index contributed by atoms with van der Waals surface area (Å²) < 4.78 is 12.4. The maximum absolute atomic E-state index is 6.19. The molecule has 0 aliphatic carbocycles. The van der Waals surface area contributed by atoms with Gasteiger partial charge in [0.25, 0.3) is 0 Å². The predicted octanol–water partition coefficient (Wildman–Crippen LogP) is 5.87. The molecule has 1 aliphatic rings. The molecular weight excluding hydrogens is 381 g/mol. The van der Waals surface area contributed by atoms with E-state index in [0.717, 1.165) is 27.6 Å². The lowest BCUT2D eigenvalue weighted by Gasteiger charge is -2.32. The van der Waals surface area contributed by atoms with Crippen LogP contribution in [0.5, 0.6) is 0 Å². The van der Waals surface area contributed by atoms with Gasteiger partial charge in [-0.15, -0.1) is 0 Å². The minimum Gasteiger partial charge on any atom is -0.399 e. The van der Waals surface area contributed by atoms with E-state index in [1.165, 1.54) is 11.1 Å². The summed E-state index contributed by atoms with van der Waals surface area (Å²) >= 11 is 0. The second-order valence-electron chi connectivity index (χ2n) is 9.15. The van der Waals surface area contributed by atoms with Crippen LogP contribution in [0.4, 0.5) is 0 Å². The molecule has 1 aliphatic heterocycles. The number of pyridine rings is 1. The Labute approximate surface area is 184 Å². The van der Waals surface area contributed by atoms with Gasteiger partial charge in [-0.3, -0.25) is 0 Å². The molecule has 0 amide bonds. The van der Waals surface area contributed by atoms with E-state index in [2.05, 4.69) is 100 Å². The molecule has 0 bridgehead atoms. The molecule has 3 aromatic carbocycles. The van der Waals surface area contributed by atoms with Crippen molar-refractivity contribution >= 4 is 23.5 Å². The molecule has 0 radical (unpaired) electrons. The molecule has 4 aromatic rings. The van der Waals surface area contributed by atoms with Crippen molar-refractivity contribution in [1.82, 2.24) is 4.98 Å². The Hall–Kier alpha value is -2.95. The SMILES string of the molecule is CC1(C)OB(c2ccc(-c3cc(-c4ccccc4)c4ccccc4n3)cc2)OC1(C)C. The quantitative estimate of drug-likeness (QED) is 0.398. The third kappa shape index (κ3) is 3.56. The summed E-state index contributed by atoms with van der Waals surface area (Å²) in [6.45, 7) is 8.30. The van der Waals surface area contributed by atoms with E-state index in [1.807, 2.05) is 12.1 Å². The maximum atomic E-state index is 6.19. The van der Waals surface area contributed by atoms with Gasteiger partial charge in [0.15, 0.2) is 0 Å². The first-order chi connectivity index (χ1) is 14.8. The lowest BCUT2D eigenvalue weighted by molar-refractivity contribution is 0.00578. The number of fused-ring (bicyclic) bond motifs is 1. The van der Waals surface area contributed by atoms with Gasteiger partial charge in [-0.1, -0.05) is 72.8 Å². The Balaban J connectivity index is 1.53. The van der Waals surface area contributed by atoms with Crippen molar-refractivity contribution in [2.24, 2.45) is 0 Å². The molecular formula is C27H26BNO2. The van der Waals surface area contributed by atoms with E-state index in [9.17, 15) is 0 Å². The van der Waals surface area contributed by atoms with E-state index >= 15 is 0 Å². The van der Waals surface area contributed by atoms with E-state index in [1.54, 1.807) is 0 Å². The summed E-state index contributed by atoms with van der Waals surface area (Å²) in [7, 11) is -0.358. The Morgan fingerprint density at radius 2 is 1.29 bits per heavy atom. The standard InChI is InChI=1S/C27H26BNO2/c1-26(2)27(3,4)31-28(30-26)21-16-14-20(15-17-21)25-18-23(19-10-6-5-7-11-19)22-12-8-9-13-24(22)29-25/h5-18H,1-4H3. The molecule has 1 saturated heterocycles. The first-order valence-electron chi connectivity index (χ1n) is 10.8. The number of hydrogen-bond acceptors (Lipinski definition) is 3. The van der Waals surface area contributed by atoms with Gasteiger partial charge >= 0.3 is 7.12 Å². The predicted molar refractivity (Wildman–Crippen MR) is 128 cm³/mol. The zero-order chi connectivity index (χ0) is 21.6. The molecule has 31 heavy (non-hydrogen) atoms. The van der Waals surface area contributed by atoms with Crippen molar-refractivity contribution in [2.75, 3.05) is 0 Å². The fourth-order valence-corrected chi connectivity index (χ4v) is 3.97. The Morgan fingerprint density at radius 1 is 0.677 bits per heavy atom. The van der Waals surface area contributed by atoms with E-state index in [4.69, 9.17) is 14.3 Å². The van der Waals surface area contributed by atoms with Crippen molar-refractivity contribution in [3.8, 4) is 22.4 Å². The van der Waals surface area contributed by atoms with Gasteiger partial charge in [0.1, 0.15) is 0 Å². The van der Waals surface area contributed by atoms with Crippen molar-refractivity contribution < 1.29 is 9.31 Å². The van der Waals surface area contributed by atoms with Crippen molar-refractivity contribution in [3.05, 3.63) is 84.9 Å². The highest BCUT2D eigenvalue weighted by Gasteiger charge is 2.51. The summed E-state index contributed by atoms with van der Waals surface area (Å²) in [5, 5.41) is 1.16. The van der Waals surface area contributed by atoms with Crippen LogP contribution in [0, 0.1) is 0 Å². The zero-order valence-electron chi connectivity index (χ0n) is 18.4. The van der Waals surface area contributed by atoms with Crippen molar-refractivity contribution in [2.45, 2.75) is 38.9 Å². The summed E-state index contributed by atoms with van der Waals surface area (Å²) in [5.74, 6) is 0. The number of benzene rings is 3. The average Bonchev–Trinajstić information content (AvgIpc) is 3.00. The van der Waals surface area contributed by atoms with Gasteiger partial charge in [-0.05, 0) is 56.4 Å². The van der Waals surface area contributed by atoms with Gasteiger partial charge in [-0.2, -0.15) is 0 Å². The van der Waals surface area contributed by atoms with Gasteiger partial charge in [-0.25, -0.2) is 4.98 Å². The molecule has 4 heteroatoms. The highest BCUT2D eigenvalue weighted by molar-refractivity contribution is 6.62. The molecule has 0 saturated carbocycles. The molecule has 154 valence electrons. The molecule has 2 heterocycles. The minimum absolute atomic E-state index is 0.346. The molecule has 3 nitrogen and oxygen atoms in total. The number of para-hydroxylation sites is 1. The fourth-order valence-electron chi connectivity index (χ4n) is 3.97. The van der Waals surface area contributed by atoms with Crippen LogP contribution in [0.25, 0.3) is 33.3 Å². The first-order valence-corrected chi connectivity index (χ1v) is 10.8. The van der Waals surface area contributed by atoms with Gasteiger partial charge in [0, 0.05) is 10.9 Å². The van der Waals surface area contributed by atoms with Crippen LogP contribution in [0.1, 0.15) is 27.7 Å². The summed E-state index contributed by atoms with van der Waals surface area (Å²) in [5.41, 5.74) is 5.73. The van der Waals surface area contributed by atoms with Crippen LogP contribution in [0.15, 0.2) is 84.9 Å². The smallest absolute Gasteiger partial charge is 0.399 e. The molecule has 1 aromatic heterocycles. The van der Waals surface area contributed by atoms with Crippen LogP contribution in [0.2, 0.25) is 0 Å². The van der Waals surface area contributed by atoms with E-state index in [0.29, 0.717) is 0 Å². The van der Waals surface area contributed by atoms with Crippen molar-refractivity contribution in [3.63, 3.8) is 0 Å². The van der Waals surface area contributed by atoms with Gasteiger partial charge in [0.05, 0.1) is 22.4 Å². The number of aromatic nitrogens is 1. The molecule has 1 fully saturated rings. The van der Waals surface area contributed by atoms with Crippen LogP contribution < -0.4 is 5.46 Å². The second kappa shape index (κ2) is 7.33. The molecule has 0 atom stereocenters. The van der Waals surface area contributed by atoms with Gasteiger partial charge < -0.3 is 9.31 Å². The summed E-state index contributed by atoms with van der Waals surface area (Å²) in [4.78, 5) is 4.94. The maximum Gasteiger partial charge on any atom is 0.494 e. The average molecular weight is 407 g/mol. The number of hydrogen-bond donors (Lipinski definition) is 0. The molecule has 0 N–H and O–H groups in total. The monoisotopic (exact) mass is 407 g/mol. The lowest BCUT2D eigenvalue weighted by Crippen LogP contribution is -2.41. The molecule has 0 spiro atoms. The second-order valence-corrected chi connectivity index (χ2v) is 9.15. The normalized spacial score (nSPS) is 17.2. The Kier molecular flexibility index (Phi) is 4.73. The largest absolute Gasteiger partial charge is 0.494 e. The summed E-state index contributed by atoms with van der Waals surface area (Å²) in [6.07, 6.45) is 0. The molecule has 0 unspecified atom stereocenters. The van der Waals surface area contributed by atoms with Crippen molar-refractivity contribution in [1.29, 1.82) is 0 Å². The first kappa shape index (κ1) is 20.0. The summed E-state index contributed by atoms with van der Waals surface area (Å²) in [6, 6.07) is 29.3. The van der Waals surface area contributed by atoms with Crippen LogP contribution in [-0.2, 0) is 9.31 Å². The highest BCUT2D eigenvalue weighted by atomic mass is 16.7. The molecule has 5 rings (SSSR count). The topological polar surface area (TPSA) is 31.4 Å².